The Morgan fingerprint density at radius 3 is 2.76 bits per heavy atom. The first-order valence-electron chi connectivity index (χ1n) is 9.16. The van der Waals surface area contributed by atoms with Crippen molar-refractivity contribution in [1.29, 1.82) is 0 Å². The summed E-state index contributed by atoms with van der Waals surface area (Å²) in [6, 6.07) is 19.3. The van der Waals surface area contributed by atoms with Gasteiger partial charge in [0.25, 0.3) is 0 Å². The minimum Gasteiger partial charge on any atom is -0.326 e. The topological polar surface area (TPSA) is 44.4 Å². The molecule has 130 valence electrons. The fourth-order valence-corrected chi connectivity index (χ4v) is 3.98. The Bertz CT molecular complexity index is 731. The van der Waals surface area contributed by atoms with Gasteiger partial charge in [0, 0.05) is 50.2 Å². The van der Waals surface area contributed by atoms with E-state index in [1.807, 2.05) is 12.1 Å². The molecule has 2 aromatic rings. The average molecular weight is 335 g/mol. The molecular weight excluding hydrogens is 310 g/mol. The number of fused-ring (bicyclic) bond motifs is 1. The number of hydrogen-bond acceptors (Lipinski definition) is 3. The maximum atomic E-state index is 11.9. The average Bonchev–Trinajstić information content (AvgIpc) is 3.08. The van der Waals surface area contributed by atoms with Gasteiger partial charge in [0.1, 0.15) is 0 Å². The van der Waals surface area contributed by atoms with E-state index in [2.05, 4.69) is 58.0 Å². The summed E-state index contributed by atoms with van der Waals surface area (Å²) in [5, 5.41) is 6.68. The van der Waals surface area contributed by atoms with Crippen LogP contribution in [0.25, 0.3) is 0 Å². The van der Waals surface area contributed by atoms with Crippen molar-refractivity contribution in [1.82, 2.24) is 10.2 Å². The zero-order valence-electron chi connectivity index (χ0n) is 14.4. The van der Waals surface area contributed by atoms with E-state index < -0.39 is 0 Å². The highest BCUT2D eigenvalue weighted by Crippen LogP contribution is 2.31. The Labute approximate surface area is 149 Å². The van der Waals surface area contributed by atoms with Gasteiger partial charge in [-0.05, 0) is 23.6 Å². The van der Waals surface area contributed by atoms with Crippen molar-refractivity contribution in [3.63, 3.8) is 0 Å². The van der Waals surface area contributed by atoms with E-state index in [9.17, 15) is 4.79 Å². The second-order valence-electron chi connectivity index (χ2n) is 7.15. The molecule has 0 bridgehead atoms. The van der Waals surface area contributed by atoms with Crippen molar-refractivity contribution in [2.45, 2.75) is 31.3 Å². The lowest BCUT2D eigenvalue weighted by molar-refractivity contribution is -0.116. The van der Waals surface area contributed by atoms with Crippen molar-refractivity contribution >= 4 is 11.6 Å². The minimum atomic E-state index is 0.127. The van der Waals surface area contributed by atoms with E-state index in [1.165, 1.54) is 17.5 Å². The van der Waals surface area contributed by atoms with Gasteiger partial charge in [-0.1, -0.05) is 48.5 Å². The number of amides is 1. The SMILES string of the molecule is O=C1CC(CNC2CCN(Cc3ccccc3)C2)c2ccccc2N1. The van der Waals surface area contributed by atoms with Crippen LogP contribution in [0.4, 0.5) is 5.69 Å². The summed E-state index contributed by atoms with van der Waals surface area (Å²) in [6.07, 6.45) is 1.75. The van der Waals surface area contributed by atoms with E-state index in [1.54, 1.807) is 0 Å². The lowest BCUT2D eigenvalue weighted by Gasteiger charge is -2.27. The van der Waals surface area contributed by atoms with Crippen LogP contribution in [0.2, 0.25) is 0 Å². The lowest BCUT2D eigenvalue weighted by Crippen LogP contribution is -2.37. The molecule has 2 aliphatic rings. The highest BCUT2D eigenvalue weighted by molar-refractivity contribution is 5.94. The smallest absolute Gasteiger partial charge is 0.225 e. The Kier molecular flexibility index (Phi) is 4.81. The van der Waals surface area contributed by atoms with Crippen LogP contribution in [-0.2, 0) is 11.3 Å². The van der Waals surface area contributed by atoms with Gasteiger partial charge >= 0.3 is 0 Å². The van der Waals surface area contributed by atoms with Gasteiger partial charge < -0.3 is 10.6 Å². The standard InChI is InChI=1S/C21H25N3O/c25-21-12-17(19-8-4-5-9-20(19)23-21)13-22-18-10-11-24(15-18)14-16-6-2-1-3-7-16/h1-9,17-18,22H,10-15H2,(H,23,25). The zero-order chi connectivity index (χ0) is 17.1. The van der Waals surface area contributed by atoms with Crippen LogP contribution in [0.15, 0.2) is 54.6 Å². The quantitative estimate of drug-likeness (QED) is 0.883. The summed E-state index contributed by atoms with van der Waals surface area (Å²) in [5.74, 6) is 0.399. The monoisotopic (exact) mass is 335 g/mol. The molecule has 25 heavy (non-hydrogen) atoms. The molecule has 0 spiro atoms. The zero-order valence-corrected chi connectivity index (χ0v) is 14.4. The van der Waals surface area contributed by atoms with E-state index in [0.717, 1.165) is 31.9 Å². The van der Waals surface area contributed by atoms with Crippen LogP contribution in [0.1, 0.15) is 29.9 Å². The van der Waals surface area contributed by atoms with Crippen LogP contribution in [0.5, 0.6) is 0 Å². The van der Waals surface area contributed by atoms with E-state index >= 15 is 0 Å². The first-order valence-corrected chi connectivity index (χ1v) is 9.16. The largest absolute Gasteiger partial charge is 0.326 e. The molecule has 0 radical (unpaired) electrons. The summed E-state index contributed by atoms with van der Waals surface area (Å²) >= 11 is 0. The number of benzene rings is 2. The molecule has 0 aromatic heterocycles. The summed E-state index contributed by atoms with van der Waals surface area (Å²) < 4.78 is 0. The molecule has 1 amide bonds. The van der Waals surface area contributed by atoms with Gasteiger partial charge in [-0.2, -0.15) is 0 Å². The van der Waals surface area contributed by atoms with Gasteiger partial charge in [-0.25, -0.2) is 0 Å². The summed E-state index contributed by atoms with van der Waals surface area (Å²) in [5.41, 5.74) is 3.61. The second kappa shape index (κ2) is 7.38. The number of carbonyl (C=O) groups is 1. The third-order valence-electron chi connectivity index (χ3n) is 5.28. The van der Waals surface area contributed by atoms with Crippen LogP contribution < -0.4 is 10.6 Å². The van der Waals surface area contributed by atoms with Gasteiger partial charge in [0.2, 0.25) is 5.91 Å². The number of rotatable bonds is 5. The molecule has 1 saturated heterocycles. The number of nitrogens with zero attached hydrogens (tertiary/aromatic N) is 1. The third-order valence-corrected chi connectivity index (χ3v) is 5.28. The van der Waals surface area contributed by atoms with Crippen molar-refractivity contribution < 1.29 is 4.79 Å². The number of hydrogen-bond donors (Lipinski definition) is 2. The first-order chi connectivity index (χ1) is 12.3. The van der Waals surface area contributed by atoms with E-state index in [-0.39, 0.29) is 11.8 Å². The second-order valence-corrected chi connectivity index (χ2v) is 7.15. The predicted octanol–water partition coefficient (Wildman–Crippen LogP) is 2.98. The summed E-state index contributed by atoms with van der Waals surface area (Å²) in [6.45, 7) is 4.10. The molecule has 4 rings (SSSR count). The molecule has 4 nitrogen and oxygen atoms in total. The first kappa shape index (κ1) is 16.3. The fourth-order valence-electron chi connectivity index (χ4n) is 3.98. The molecule has 1 fully saturated rings. The van der Waals surface area contributed by atoms with Crippen molar-refractivity contribution in [2.24, 2.45) is 0 Å². The number of carbonyl (C=O) groups excluding carboxylic acids is 1. The predicted molar refractivity (Wildman–Crippen MR) is 101 cm³/mol. The molecular formula is C21H25N3O. The van der Waals surface area contributed by atoms with Crippen molar-refractivity contribution in [3.05, 3.63) is 65.7 Å². The van der Waals surface area contributed by atoms with Gasteiger partial charge in [0.15, 0.2) is 0 Å². The minimum absolute atomic E-state index is 0.127. The molecule has 2 N–H and O–H groups in total. The van der Waals surface area contributed by atoms with Crippen LogP contribution >= 0.6 is 0 Å². The van der Waals surface area contributed by atoms with Gasteiger partial charge in [0.05, 0.1) is 0 Å². The Morgan fingerprint density at radius 2 is 1.88 bits per heavy atom. The molecule has 2 aliphatic heterocycles. The van der Waals surface area contributed by atoms with Crippen LogP contribution in [0, 0.1) is 0 Å². The maximum Gasteiger partial charge on any atom is 0.225 e. The number of para-hydroxylation sites is 1. The molecule has 2 aromatic carbocycles. The highest BCUT2D eigenvalue weighted by Gasteiger charge is 2.27. The number of anilines is 1. The highest BCUT2D eigenvalue weighted by atomic mass is 16.1. The Morgan fingerprint density at radius 1 is 1.08 bits per heavy atom. The summed E-state index contributed by atoms with van der Waals surface area (Å²) in [4.78, 5) is 14.4. The fraction of sp³-hybridized carbons (Fsp3) is 0.381. The van der Waals surface area contributed by atoms with Crippen molar-refractivity contribution in [3.8, 4) is 0 Å². The van der Waals surface area contributed by atoms with Crippen LogP contribution in [0.3, 0.4) is 0 Å². The number of likely N-dealkylation sites (tertiary alicyclic amines) is 1. The van der Waals surface area contributed by atoms with Gasteiger partial charge in [-0.3, -0.25) is 9.69 Å². The molecule has 0 aliphatic carbocycles. The molecule has 2 atom stereocenters. The Hall–Kier alpha value is -2.17. The summed E-state index contributed by atoms with van der Waals surface area (Å²) in [7, 11) is 0. The Balaban J connectivity index is 1.31. The third kappa shape index (κ3) is 3.91. The van der Waals surface area contributed by atoms with Gasteiger partial charge in [-0.15, -0.1) is 0 Å². The van der Waals surface area contributed by atoms with Crippen LogP contribution in [-0.4, -0.2) is 36.5 Å². The molecule has 2 heterocycles. The van der Waals surface area contributed by atoms with E-state index in [4.69, 9.17) is 0 Å². The molecule has 4 heteroatoms. The molecule has 0 saturated carbocycles. The number of nitrogens with one attached hydrogen (secondary N) is 2. The molecule has 2 unspecified atom stereocenters. The van der Waals surface area contributed by atoms with Crippen molar-refractivity contribution in [2.75, 3.05) is 25.0 Å². The maximum absolute atomic E-state index is 11.9. The lowest BCUT2D eigenvalue weighted by atomic mass is 9.90. The normalized spacial score (nSPS) is 23.3. The van der Waals surface area contributed by atoms with E-state index in [0.29, 0.717) is 12.5 Å².